The highest BCUT2D eigenvalue weighted by molar-refractivity contribution is 5.93. The number of hydrogen-bond donors (Lipinski definition) is 2. The highest BCUT2D eigenvalue weighted by Crippen LogP contribution is 2.32. The minimum atomic E-state index is -0.944. The standard InChI is InChI=1S/C14H15N3O2/c18-13(11-8-15-16-9-11)17-7-6-14(19,10-17)12-4-2-1-3-5-12/h1-5,8-9,19H,6-7,10H2,(H,15,16). The van der Waals surface area contributed by atoms with E-state index in [4.69, 9.17) is 0 Å². The van der Waals surface area contributed by atoms with Crippen molar-refractivity contribution in [1.29, 1.82) is 0 Å². The van der Waals surface area contributed by atoms with E-state index in [1.165, 1.54) is 6.20 Å². The normalized spacial score (nSPS) is 22.7. The van der Waals surface area contributed by atoms with Gasteiger partial charge >= 0.3 is 0 Å². The molecule has 5 heteroatoms. The van der Waals surface area contributed by atoms with Crippen LogP contribution in [0, 0.1) is 0 Å². The Kier molecular flexibility index (Phi) is 2.83. The smallest absolute Gasteiger partial charge is 0.257 e. The molecule has 19 heavy (non-hydrogen) atoms. The monoisotopic (exact) mass is 257 g/mol. The van der Waals surface area contributed by atoms with Crippen molar-refractivity contribution < 1.29 is 9.90 Å². The molecule has 2 heterocycles. The molecule has 98 valence electrons. The van der Waals surface area contributed by atoms with Gasteiger partial charge < -0.3 is 10.0 Å². The number of carbonyl (C=O) groups excluding carboxylic acids is 1. The Morgan fingerprint density at radius 2 is 2.16 bits per heavy atom. The molecule has 1 atom stereocenters. The van der Waals surface area contributed by atoms with E-state index in [1.54, 1.807) is 11.1 Å². The summed E-state index contributed by atoms with van der Waals surface area (Å²) >= 11 is 0. The van der Waals surface area contributed by atoms with Gasteiger partial charge in [-0.15, -0.1) is 0 Å². The van der Waals surface area contributed by atoms with Gasteiger partial charge in [0.2, 0.25) is 0 Å². The van der Waals surface area contributed by atoms with E-state index in [2.05, 4.69) is 10.2 Å². The predicted molar refractivity (Wildman–Crippen MR) is 69.4 cm³/mol. The van der Waals surface area contributed by atoms with E-state index >= 15 is 0 Å². The third kappa shape index (κ3) is 2.13. The number of aromatic amines is 1. The van der Waals surface area contributed by atoms with Gasteiger partial charge in [0.05, 0.1) is 18.3 Å². The second-order valence-electron chi connectivity index (χ2n) is 4.86. The molecule has 1 unspecified atom stereocenters. The van der Waals surface area contributed by atoms with Gasteiger partial charge in [0.1, 0.15) is 5.60 Å². The molecule has 3 rings (SSSR count). The molecular weight excluding hydrogens is 242 g/mol. The molecule has 1 aliphatic rings. The van der Waals surface area contributed by atoms with E-state index in [1.807, 2.05) is 30.3 Å². The number of nitrogens with one attached hydrogen (secondary N) is 1. The van der Waals surface area contributed by atoms with Gasteiger partial charge in [0.15, 0.2) is 0 Å². The zero-order chi connectivity index (χ0) is 13.3. The van der Waals surface area contributed by atoms with Crippen molar-refractivity contribution in [2.24, 2.45) is 0 Å². The molecule has 1 aromatic carbocycles. The Morgan fingerprint density at radius 1 is 1.37 bits per heavy atom. The number of aliphatic hydroxyl groups is 1. The number of β-amino-alcohol motifs (C(OH)–C–C–N with tert-alkyl or cyclic N) is 1. The SMILES string of the molecule is O=C(c1cn[nH]c1)N1CCC(O)(c2ccccc2)C1. The number of aromatic nitrogens is 2. The topological polar surface area (TPSA) is 69.2 Å². The number of rotatable bonds is 2. The molecule has 2 aromatic rings. The average Bonchev–Trinajstić information content (AvgIpc) is 3.09. The molecule has 1 fully saturated rings. The van der Waals surface area contributed by atoms with Crippen LogP contribution in [0.4, 0.5) is 0 Å². The zero-order valence-electron chi connectivity index (χ0n) is 10.4. The van der Waals surface area contributed by atoms with Crippen LogP contribution in [0.3, 0.4) is 0 Å². The van der Waals surface area contributed by atoms with E-state index in [0.29, 0.717) is 25.1 Å². The second-order valence-corrected chi connectivity index (χ2v) is 4.86. The van der Waals surface area contributed by atoms with Gasteiger partial charge in [-0.3, -0.25) is 9.89 Å². The maximum atomic E-state index is 12.2. The lowest BCUT2D eigenvalue weighted by molar-refractivity contribution is 0.0417. The molecule has 0 spiro atoms. The Bertz CT molecular complexity index is 568. The molecule has 1 aliphatic heterocycles. The van der Waals surface area contributed by atoms with Crippen LogP contribution in [-0.4, -0.2) is 39.2 Å². The number of H-pyrrole nitrogens is 1. The fourth-order valence-corrected chi connectivity index (χ4v) is 2.50. The largest absolute Gasteiger partial charge is 0.383 e. The first-order chi connectivity index (χ1) is 9.19. The first-order valence-electron chi connectivity index (χ1n) is 6.25. The van der Waals surface area contributed by atoms with Gasteiger partial charge in [-0.25, -0.2) is 0 Å². The molecule has 2 N–H and O–H groups in total. The van der Waals surface area contributed by atoms with Crippen molar-refractivity contribution in [3.8, 4) is 0 Å². The Morgan fingerprint density at radius 3 is 2.84 bits per heavy atom. The molecule has 0 radical (unpaired) electrons. The van der Waals surface area contributed by atoms with Crippen LogP contribution < -0.4 is 0 Å². The minimum absolute atomic E-state index is 0.0967. The number of likely N-dealkylation sites (tertiary alicyclic amines) is 1. The van der Waals surface area contributed by atoms with Gasteiger partial charge in [0.25, 0.3) is 5.91 Å². The predicted octanol–water partition coefficient (Wildman–Crippen LogP) is 1.14. The van der Waals surface area contributed by atoms with Crippen LogP contribution >= 0.6 is 0 Å². The number of nitrogens with zero attached hydrogens (tertiary/aromatic N) is 2. The van der Waals surface area contributed by atoms with Crippen LogP contribution in [0.2, 0.25) is 0 Å². The van der Waals surface area contributed by atoms with Crippen molar-refractivity contribution in [2.75, 3.05) is 13.1 Å². The third-order valence-corrected chi connectivity index (χ3v) is 3.59. The Labute approximate surface area is 110 Å². The van der Waals surface area contributed by atoms with Crippen LogP contribution in [-0.2, 0) is 5.60 Å². The molecule has 0 saturated carbocycles. The lowest BCUT2D eigenvalue weighted by atomic mass is 9.93. The summed E-state index contributed by atoms with van der Waals surface area (Å²) in [7, 11) is 0. The summed E-state index contributed by atoms with van der Waals surface area (Å²) in [6.45, 7) is 0.871. The fraction of sp³-hybridized carbons (Fsp3) is 0.286. The molecule has 0 aliphatic carbocycles. The summed E-state index contributed by atoms with van der Waals surface area (Å²) in [4.78, 5) is 13.8. The summed E-state index contributed by atoms with van der Waals surface area (Å²) in [5.41, 5.74) is 0.440. The van der Waals surface area contributed by atoms with Crippen LogP contribution in [0.1, 0.15) is 22.3 Å². The van der Waals surface area contributed by atoms with E-state index in [-0.39, 0.29) is 5.91 Å². The molecule has 1 aromatic heterocycles. The highest BCUT2D eigenvalue weighted by Gasteiger charge is 2.39. The first-order valence-corrected chi connectivity index (χ1v) is 6.25. The van der Waals surface area contributed by atoms with Crippen LogP contribution in [0.25, 0.3) is 0 Å². The molecular formula is C14H15N3O2. The molecule has 5 nitrogen and oxygen atoms in total. The zero-order valence-corrected chi connectivity index (χ0v) is 10.4. The Balaban J connectivity index is 1.79. The number of carbonyl (C=O) groups is 1. The second kappa shape index (κ2) is 4.51. The maximum absolute atomic E-state index is 12.2. The van der Waals surface area contributed by atoms with Gasteiger partial charge in [-0.2, -0.15) is 5.10 Å². The van der Waals surface area contributed by atoms with Crippen LogP contribution in [0.5, 0.6) is 0 Å². The number of benzene rings is 1. The van der Waals surface area contributed by atoms with Gasteiger partial charge in [0, 0.05) is 12.7 Å². The summed E-state index contributed by atoms with van der Waals surface area (Å²) in [6.07, 6.45) is 3.63. The summed E-state index contributed by atoms with van der Waals surface area (Å²) in [5, 5.41) is 17.1. The molecule has 1 saturated heterocycles. The van der Waals surface area contributed by atoms with Crippen molar-refractivity contribution in [1.82, 2.24) is 15.1 Å². The molecule has 0 bridgehead atoms. The molecule has 1 amide bonds. The third-order valence-electron chi connectivity index (χ3n) is 3.59. The van der Waals surface area contributed by atoms with Gasteiger partial charge in [-0.05, 0) is 12.0 Å². The van der Waals surface area contributed by atoms with E-state index < -0.39 is 5.60 Å². The van der Waals surface area contributed by atoms with E-state index in [9.17, 15) is 9.90 Å². The average molecular weight is 257 g/mol. The first kappa shape index (κ1) is 11.9. The Hall–Kier alpha value is -2.14. The minimum Gasteiger partial charge on any atom is -0.383 e. The van der Waals surface area contributed by atoms with Gasteiger partial charge in [-0.1, -0.05) is 30.3 Å². The van der Waals surface area contributed by atoms with Crippen molar-refractivity contribution >= 4 is 5.91 Å². The summed E-state index contributed by atoms with van der Waals surface area (Å²) in [6, 6.07) is 9.50. The van der Waals surface area contributed by atoms with Crippen molar-refractivity contribution in [3.05, 3.63) is 53.9 Å². The van der Waals surface area contributed by atoms with Crippen molar-refractivity contribution in [3.63, 3.8) is 0 Å². The van der Waals surface area contributed by atoms with Crippen molar-refractivity contribution in [2.45, 2.75) is 12.0 Å². The lowest BCUT2D eigenvalue weighted by Gasteiger charge is -2.23. The fourth-order valence-electron chi connectivity index (χ4n) is 2.50. The maximum Gasteiger partial charge on any atom is 0.257 e. The summed E-state index contributed by atoms with van der Waals surface area (Å²) < 4.78 is 0. The van der Waals surface area contributed by atoms with Crippen LogP contribution in [0.15, 0.2) is 42.7 Å². The summed E-state index contributed by atoms with van der Waals surface area (Å²) in [5.74, 6) is -0.0967. The number of amides is 1. The highest BCUT2D eigenvalue weighted by atomic mass is 16.3. The number of hydrogen-bond acceptors (Lipinski definition) is 3. The lowest BCUT2D eigenvalue weighted by Crippen LogP contribution is -2.34. The quantitative estimate of drug-likeness (QED) is 0.847. The van der Waals surface area contributed by atoms with E-state index in [0.717, 1.165) is 5.56 Å².